The predicted octanol–water partition coefficient (Wildman–Crippen LogP) is 1.03. The number of nitrogens with two attached hydrogens (primary N) is 1. The zero-order chi connectivity index (χ0) is 13.3. The van der Waals surface area contributed by atoms with Crippen LogP contribution < -0.4 is 11.3 Å². The molecule has 2 aromatic rings. The topological polar surface area (TPSA) is 81.6 Å². The summed E-state index contributed by atoms with van der Waals surface area (Å²) in [5, 5.41) is 12.8. The molecule has 0 saturated heterocycles. The molecule has 6 nitrogen and oxygen atoms in total. The maximum absolute atomic E-state index is 6.15. The van der Waals surface area contributed by atoms with E-state index in [1.54, 1.807) is 10.9 Å². The average molecular weight is 267 g/mol. The Morgan fingerprint density at radius 1 is 1.39 bits per heavy atom. The number of nitrogens with one attached hydrogen (secondary N) is 1. The van der Waals surface area contributed by atoms with Gasteiger partial charge in [-0.3, -0.25) is 10.5 Å². The van der Waals surface area contributed by atoms with Crippen LogP contribution in [-0.4, -0.2) is 20.0 Å². The molecule has 3 N–H and O–H groups in total. The highest BCUT2D eigenvalue weighted by Crippen LogP contribution is 2.28. The molecule has 0 aliphatic heterocycles. The van der Waals surface area contributed by atoms with Crippen molar-refractivity contribution in [3.63, 3.8) is 0 Å². The summed E-state index contributed by atoms with van der Waals surface area (Å²) in [6.45, 7) is 3.77. The van der Waals surface area contributed by atoms with E-state index in [1.807, 2.05) is 27.0 Å². The van der Waals surface area contributed by atoms with Crippen LogP contribution >= 0.6 is 11.6 Å². The lowest BCUT2D eigenvalue weighted by Crippen LogP contribution is -2.31. The highest BCUT2D eigenvalue weighted by molar-refractivity contribution is 6.31. The molecule has 0 fully saturated rings. The number of rotatable bonds is 3. The van der Waals surface area contributed by atoms with Gasteiger partial charge in [-0.15, -0.1) is 0 Å². The number of hydrazine groups is 1. The zero-order valence-corrected chi connectivity index (χ0v) is 11.2. The molecular weight excluding hydrogens is 252 g/mol. The number of aromatic nitrogens is 4. The largest absolute Gasteiger partial charge is 0.271 e. The van der Waals surface area contributed by atoms with Crippen LogP contribution in [0, 0.1) is 13.8 Å². The Balaban J connectivity index is 2.55. The minimum absolute atomic E-state index is 0.265. The first-order valence-electron chi connectivity index (χ1n) is 5.49. The van der Waals surface area contributed by atoms with Crippen molar-refractivity contribution in [2.24, 2.45) is 12.9 Å². The number of nitrogens with zero attached hydrogens (tertiary/aromatic N) is 4. The van der Waals surface area contributed by atoms with E-state index in [0.717, 1.165) is 22.6 Å². The van der Waals surface area contributed by atoms with Crippen LogP contribution in [0.25, 0.3) is 0 Å². The SMILES string of the molecule is Cc1cc(C(NN)c2c(Cl)cnn2C)c(C)nn1. The zero-order valence-electron chi connectivity index (χ0n) is 10.5. The van der Waals surface area contributed by atoms with E-state index in [2.05, 4.69) is 20.7 Å². The Morgan fingerprint density at radius 2 is 2.11 bits per heavy atom. The Kier molecular flexibility index (Phi) is 3.60. The van der Waals surface area contributed by atoms with E-state index in [9.17, 15) is 0 Å². The van der Waals surface area contributed by atoms with E-state index in [1.165, 1.54) is 0 Å². The van der Waals surface area contributed by atoms with Crippen LogP contribution in [0.1, 0.15) is 28.7 Å². The van der Waals surface area contributed by atoms with Gasteiger partial charge in [-0.1, -0.05) is 11.6 Å². The molecule has 0 amide bonds. The second-order valence-corrected chi connectivity index (χ2v) is 4.53. The van der Waals surface area contributed by atoms with Crippen LogP contribution in [0.15, 0.2) is 12.3 Å². The highest BCUT2D eigenvalue weighted by atomic mass is 35.5. The second kappa shape index (κ2) is 5.01. The standard InChI is InChI=1S/C11H15ClN6/c1-6-4-8(7(2)17-16-6)10(15-13)11-9(12)5-14-18(11)3/h4-5,10,15H,13H2,1-3H3. The fourth-order valence-electron chi connectivity index (χ4n) is 1.92. The van der Waals surface area contributed by atoms with Crippen LogP contribution in [-0.2, 0) is 7.05 Å². The lowest BCUT2D eigenvalue weighted by molar-refractivity contribution is 0.568. The minimum atomic E-state index is -0.265. The van der Waals surface area contributed by atoms with Crippen LogP contribution in [0.5, 0.6) is 0 Å². The third-order valence-electron chi connectivity index (χ3n) is 2.83. The lowest BCUT2D eigenvalue weighted by atomic mass is 10.0. The molecule has 0 aliphatic rings. The number of hydrogen-bond acceptors (Lipinski definition) is 5. The van der Waals surface area contributed by atoms with Crippen LogP contribution in [0.3, 0.4) is 0 Å². The Hall–Kier alpha value is -1.50. The van der Waals surface area contributed by atoms with Gasteiger partial charge in [0.05, 0.1) is 34.3 Å². The summed E-state index contributed by atoms with van der Waals surface area (Å²) < 4.78 is 1.70. The van der Waals surface area contributed by atoms with Gasteiger partial charge < -0.3 is 0 Å². The smallest absolute Gasteiger partial charge is 0.0912 e. The molecule has 0 aromatic carbocycles. The molecule has 1 unspecified atom stereocenters. The summed E-state index contributed by atoms with van der Waals surface area (Å²) in [5.41, 5.74) is 6.13. The van der Waals surface area contributed by atoms with E-state index in [0.29, 0.717) is 5.02 Å². The van der Waals surface area contributed by atoms with Crippen molar-refractivity contribution in [3.05, 3.63) is 39.9 Å². The van der Waals surface area contributed by atoms with E-state index in [4.69, 9.17) is 17.4 Å². The Morgan fingerprint density at radius 3 is 2.67 bits per heavy atom. The van der Waals surface area contributed by atoms with Gasteiger partial charge in [-0.2, -0.15) is 15.3 Å². The summed E-state index contributed by atoms with van der Waals surface area (Å²) in [4.78, 5) is 0. The van der Waals surface area contributed by atoms with Gasteiger partial charge >= 0.3 is 0 Å². The summed E-state index contributed by atoms with van der Waals surface area (Å²) in [7, 11) is 1.82. The monoisotopic (exact) mass is 266 g/mol. The van der Waals surface area contributed by atoms with Gasteiger partial charge in [-0.25, -0.2) is 5.43 Å². The van der Waals surface area contributed by atoms with Gasteiger partial charge in [0, 0.05) is 12.6 Å². The molecule has 0 saturated carbocycles. The first-order chi connectivity index (χ1) is 8.54. The molecule has 1 atom stereocenters. The van der Waals surface area contributed by atoms with Gasteiger partial charge in [0.25, 0.3) is 0 Å². The maximum atomic E-state index is 6.15. The third kappa shape index (κ3) is 2.22. The molecule has 96 valence electrons. The fourth-order valence-corrected chi connectivity index (χ4v) is 2.20. The molecule has 0 spiro atoms. The summed E-state index contributed by atoms with van der Waals surface area (Å²) >= 11 is 6.15. The first kappa shape index (κ1) is 12.9. The van der Waals surface area contributed by atoms with Crippen molar-refractivity contribution < 1.29 is 0 Å². The Labute approximate surface area is 110 Å². The second-order valence-electron chi connectivity index (χ2n) is 4.13. The summed E-state index contributed by atoms with van der Waals surface area (Å²) in [6, 6.07) is 1.68. The van der Waals surface area contributed by atoms with E-state index >= 15 is 0 Å². The number of hydrogen-bond donors (Lipinski definition) is 2. The number of aryl methyl sites for hydroxylation is 3. The molecule has 2 rings (SSSR count). The number of halogens is 1. The van der Waals surface area contributed by atoms with Gasteiger partial charge in [0.2, 0.25) is 0 Å². The fraction of sp³-hybridized carbons (Fsp3) is 0.364. The molecule has 2 aromatic heterocycles. The molecule has 18 heavy (non-hydrogen) atoms. The van der Waals surface area contributed by atoms with Crippen LogP contribution in [0.2, 0.25) is 5.02 Å². The van der Waals surface area contributed by atoms with Crippen molar-refractivity contribution >= 4 is 11.6 Å². The van der Waals surface area contributed by atoms with Gasteiger partial charge in [0.1, 0.15) is 0 Å². The quantitative estimate of drug-likeness (QED) is 0.641. The molecule has 0 aliphatic carbocycles. The highest BCUT2D eigenvalue weighted by Gasteiger charge is 2.22. The maximum Gasteiger partial charge on any atom is 0.0912 e. The van der Waals surface area contributed by atoms with E-state index < -0.39 is 0 Å². The van der Waals surface area contributed by atoms with Crippen LogP contribution in [0.4, 0.5) is 0 Å². The summed E-state index contributed by atoms with van der Waals surface area (Å²) in [6.07, 6.45) is 1.60. The summed E-state index contributed by atoms with van der Waals surface area (Å²) in [5.74, 6) is 5.65. The molecular formula is C11H15ClN6. The van der Waals surface area contributed by atoms with Crippen molar-refractivity contribution in [1.82, 2.24) is 25.4 Å². The molecule has 7 heteroatoms. The van der Waals surface area contributed by atoms with Gasteiger partial charge in [0.15, 0.2) is 0 Å². The lowest BCUT2D eigenvalue weighted by Gasteiger charge is -2.19. The average Bonchev–Trinajstić information content (AvgIpc) is 2.66. The first-order valence-corrected chi connectivity index (χ1v) is 5.86. The molecule has 2 heterocycles. The molecule has 0 radical (unpaired) electrons. The van der Waals surface area contributed by atoms with Crippen molar-refractivity contribution in [1.29, 1.82) is 0 Å². The molecule has 0 bridgehead atoms. The van der Waals surface area contributed by atoms with E-state index in [-0.39, 0.29) is 6.04 Å². The third-order valence-corrected chi connectivity index (χ3v) is 3.12. The predicted molar refractivity (Wildman–Crippen MR) is 68.9 cm³/mol. The van der Waals surface area contributed by atoms with Gasteiger partial charge in [-0.05, 0) is 19.9 Å². The van der Waals surface area contributed by atoms with Crippen molar-refractivity contribution in [2.45, 2.75) is 19.9 Å². The Bertz CT molecular complexity index is 545. The van der Waals surface area contributed by atoms with Crippen molar-refractivity contribution in [3.8, 4) is 0 Å². The minimum Gasteiger partial charge on any atom is -0.271 e. The van der Waals surface area contributed by atoms with Crippen molar-refractivity contribution in [2.75, 3.05) is 0 Å². The normalized spacial score (nSPS) is 12.7.